The number of carbonyl (C=O) groups excluding carboxylic acids is 1. The van der Waals surface area contributed by atoms with Crippen molar-refractivity contribution in [2.75, 3.05) is 6.61 Å². The Morgan fingerprint density at radius 2 is 2.21 bits per heavy atom. The van der Waals surface area contributed by atoms with Gasteiger partial charge in [-0.15, -0.1) is 0 Å². The monoisotopic (exact) mass is 380 g/mol. The summed E-state index contributed by atoms with van der Waals surface area (Å²) in [5, 5.41) is 18.6. The van der Waals surface area contributed by atoms with E-state index >= 15 is 0 Å². The number of para-hydroxylation sites is 1. The van der Waals surface area contributed by atoms with Gasteiger partial charge in [0.05, 0.1) is 29.2 Å². The van der Waals surface area contributed by atoms with Gasteiger partial charge in [-0.1, -0.05) is 25.1 Å². The predicted octanol–water partition coefficient (Wildman–Crippen LogP) is 2.94. The van der Waals surface area contributed by atoms with Gasteiger partial charge in [-0.2, -0.15) is 5.10 Å². The SMILES string of the molecule is CCC(C)n1ncc2c(C(=O)N[C@H]3c4ccccc4OC[C@@H]3O)cc(C)nc21. The third kappa shape index (κ3) is 3.11. The van der Waals surface area contributed by atoms with Gasteiger partial charge in [0.15, 0.2) is 5.65 Å². The molecule has 0 fully saturated rings. The molecule has 0 saturated heterocycles. The van der Waals surface area contributed by atoms with E-state index in [2.05, 4.69) is 29.2 Å². The Kier molecular flexibility index (Phi) is 4.77. The smallest absolute Gasteiger partial charge is 0.252 e. The summed E-state index contributed by atoms with van der Waals surface area (Å²) in [7, 11) is 0. The molecule has 0 aliphatic carbocycles. The first-order valence-corrected chi connectivity index (χ1v) is 9.55. The van der Waals surface area contributed by atoms with Gasteiger partial charge >= 0.3 is 0 Å². The third-order valence-electron chi connectivity index (χ3n) is 5.28. The first kappa shape index (κ1) is 18.4. The number of nitrogens with zero attached hydrogens (tertiary/aromatic N) is 3. The van der Waals surface area contributed by atoms with Crippen molar-refractivity contribution in [3.63, 3.8) is 0 Å². The van der Waals surface area contributed by atoms with Gasteiger partial charge in [0.25, 0.3) is 5.91 Å². The molecule has 1 unspecified atom stereocenters. The molecule has 0 bridgehead atoms. The number of hydrogen-bond acceptors (Lipinski definition) is 5. The maximum absolute atomic E-state index is 13.2. The fourth-order valence-electron chi connectivity index (χ4n) is 3.57. The second-order valence-corrected chi connectivity index (χ2v) is 7.26. The average molecular weight is 380 g/mol. The molecular formula is C21H24N4O3. The molecule has 7 heteroatoms. The Balaban J connectivity index is 1.71. The minimum Gasteiger partial charge on any atom is -0.490 e. The fourth-order valence-corrected chi connectivity index (χ4v) is 3.57. The van der Waals surface area contributed by atoms with E-state index in [9.17, 15) is 9.90 Å². The molecule has 0 saturated carbocycles. The van der Waals surface area contributed by atoms with Gasteiger partial charge in [0.1, 0.15) is 18.5 Å². The van der Waals surface area contributed by atoms with Crippen LogP contribution in [0.3, 0.4) is 0 Å². The summed E-state index contributed by atoms with van der Waals surface area (Å²) in [5.74, 6) is 0.415. The number of carbonyl (C=O) groups is 1. The van der Waals surface area contributed by atoms with Crippen LogP contribution in [0.5, 0.6) is 5.75 Å². The lowest BCUT2D eigenvalue weighted by Crippen LogP contribution is -2.42. The number of aliphatic hydroxyl groups excluding tert-OH is 1. The van der Waals surface area contributed by atoms with E-state index < -0.39 is 12.1 Å². The van der Waals surface area contributed by atoms with Crippen molar-refractivity contribution in [2.45, 2.75) is 45.4 Å². The average Bonchev–Trinajstić information content (AvgIpc) is 3.12. The van der Waals surface area contributed by atoms with Crippen LogP contribution in [0.15, 0.2) is 36.5 Å². The zero-order valence-electron chi connectivity index (χ0n) is 16.2. The number of aromatic nitrogens is 3. The lowest BCUT2D eigenvalue weighted by molar-refractivity contribution is 0.0502. The summed E-state index contributed by atoms with van der Waals surface area (Å²) >= 11 is 0. The van der Waals surface area contributed by atoms with Crippen LogP contribution in [0.25, 0.3) is 11.0 Å². The van der Waals surface area contributed by atoms with Crippen molar-refractivity contribution in [1.82, 2.24) is 20.1 Å². The first-order valence-electron chi connectivity index (χ1n) is 9.55. The molecule has 4 rings (SSSR count). The molecule has 7 nitrogen and oxygen atoms in total. The van der Waals surface area contributed by atoms with Crippen LogP contribution in [0.1, 0.15) is 54.0 Å². The van der Waals surface area contributed by atoms with E-state index in [4.69, 9.17) is 4.74 Å². The van der Waals surface area contributed by atoms with Gasteiger partial charge in [-0.25, -0.2) is 9.67 Å². The Bertz CT molecular complexity index is 1030. The number of fused-ring (bicyclic) bond motifs is 2. The lowest BCUT2D eigenvalue weighted by Gasteiger charge is -2.31. The van der Waals surface area contributed by atoms with Crippen molar-refractivity contribution in [2.24, 2.45) is 0 Å². The molecule has 3 atom stereocenters. The number of aryl methyl sites for hydroxylation is 1. The molecule has 3 heterocycles. The molecule has 1 aliphatic rings. The van der Waals surface area contributed by atoms with Crippen molar-refractivity contribution < 1.29 is 14.6 Å². The molecule has 1 aromatic carbocycles. The van der Waals surface area contributed by atoms with Crippen molar-refractivity contribution in [3.8, 4) is 5.75 Å². The summed E-state index contributed by atoms with van der Waals surface area (Å²) in [6, 6.07) is 8.84. The maximum Gasteiger partial charge on any atom is 0.252 e. The molecule has 2 N–H and O–H groups in total. The molecule has 0 spiro atoms. The lowest BCUT2D eigenvalue weighted by atomic mass is 9.97. The van der Waals surface area contributed by atoms with Crippen molar-refractivity contribution >= 4 is 16.9 Å². The highest BCUT2D eigenvalue weighted by atomic mass is 16.5. The summed E-state index contributed by atoms with van der Waals surface area (Å²) in [6.07, 6.45) is 1.79. The number of hydrogen-bond donors (Lipinski definition) is 2. The van der Waals surface area contributed by atoms with Gasteiger partial charge in [0.2, 0.25) is 0 Å². The molecular weight excluding hydrogens is 356 g/mol. The van der Waals surface area contributed by atoms with Crippen LogP contribution in [0.2, 0.25) is 0 Å². The molecule has 28 heavy (non-hydrogen) atoms. The highest BCUT2D eigenvalue weighted by Gasteiger charge is 2.31. The van der Waals surface area contributed by atoms with E-state index in [1.54, 1.807) is 12.3 Å². The van der Waals surface area contributed by atoms with Crippen molar-refractivity contribution in [1.29, 1.82) is 0 Å². The quantitative estimate of drug-likeness (QED) is 0.726. The number of nitrogens with one attached hydrogen (secondary N) is 1. The third-order valence-corrected chi connectivity index (χ3v) is 5.28. The molecule has 146 valence electrons. The Hall–Kier alpha value is -2.93. The largest absolute Gasteiger partial charge is 0.490 e. The second kappa shape index (κ2) is 7.24. The van der Waals surface area contributed by atoms with Crippen LogP contribution in [-0.4, -0.2) is 38.5 Å². The Morgan fingerprint density at radius 3 is 3.00 bits per heavy atom. The first-order chi connectivity index (χ1) is 13.5. The van der Waals surface area contributed by atoms with Crippen LogP contribution in [-0.2, 0) is 0 Å². The molecule has 1 amide bonds. The zero-order valence-corrected chi connectivity index (χ0v) is 16.2. The molecule has 1 aliphatic heterocycles. The Morgan fingerprint density at radius 1 is 1.43 bits per heavy atom. The summed E-state index contributed by atoms with van der Waals surface area (Å²) < 4.78 is 7.42. The molecule has 2 aromatic heterocycles. The number of pyridine rings is 1. The standard InChI is InChI=1S/C21H24N4O3/c1-4-13(3)25-20-16(10-22-25)15(9-12(2)23-20)21(27)24-19-14-7-5-6-8-18(14)28-11-17(19)26/h5-10,13,17,19,26H,4,11H2,1-3H3,(H,24,27)/t13?,17-,19-/m0/s1. The van der Waals surface area contributed by atoms with E-state index in [-0.39, 0.29) is 18.6 Å². The van der Waals surface area contributed by atoms with E-state index in [0.717, 1.165) is 17.7 Å². The zero-order chi connectivity index (χ0) is 19.8. The van der Waals surface area contributed by atoms with E-state index in [1.165, 1.54) is 0 Å². The summed E-state index contributed by atoms with van der Waals surface area (Å²) in [5.41, 5.74) is 2.73. The second-order valence-electron chi connectivity index (χ2n) is 7.26. The minimum atomic E-state index is -0.819. The van der Waals surface area contributed by atoms with Crippen LogP contribution >= 0.6 is 0 Å². The number of rotatable bonds is 4. The summed E-state index contributed by atoms with van der Waals surface area (Å²) in [6.45, 7) is 6.17. The van der Waals surface area contributed by atoms with Crippen LogP contribution in [0, 0.1) is 6.92 Å². The van der Waals surface area contributed by atoms with E-state index in [1.807, 2.05) is 35.9 Å². The fraction of sp³-hybridized carbons (Fsp3) is 0.381. The number of ether oxygens (including phenoxy) is 1. The van der Waals surface area contributed by atoms with Gasteiger partial charge < -0.3 is 15.2 Å². The highest BCUT2D eigenvalue weighted by Crippen LogP contribution is 2.32. The van der Waals surface area contributed by atoms with Gasteiger partial charge in [0, 0.05) is 11.3 Å². The van der Waals surface area contributed by atoms with Crippen LogP contribution in [0.4, 0.5) is 0 Å². The minimum absolute atomic E-state index is 0.138. The van der Waals surface area contributed by atoms with Crippen molar-refractivity contribution in [3.05, 3.63) is 53.3 Å². The molecule has 0 radical (unpaired) electrons. The highest BCUT2D eigenvalue weighted by molar-refractivity contribution is 6.05. The van der Waals surface area contributed by atoms with Gasteiger partial charge in [-0.3, -0.25) is 4.79 Å². The maximum atomic E-state index is 13.2. The molecule has 3 aromatic rings. The van der Waals surface area contributed by atoms with E-state index in [0.29, 0.717) is 22.3 Å². The summed E-state index contributed by atoms with van der Waals surface area (Å²) in [4.78, 5) is 17.8. The number of benzene rings is 1. The topological polar surface area (TPSA) is 89.3 Å². The number of amides is 1. The predicted molar refractivity (Wildman–Crippen MR) is 105 cm³/mol. The normalized spacial score (nSPS) is 19.7. The number of aliphatic hydroxyl groups is 1. The van der Waals surface area contributed by atoms with Crippen LogP contribution < -0.4 is 10.1 Å². The Labute approximate surface area is 163 Å². The van der Waals surface area contributed by atoms with Gasteiger partial charge in [-0.05, 0) is 32.4 Å².